The van der Waals surface area contributed by atoms with E-state index < -0.39 is 21.9 Å². The average Bonchev–Trinajstić information content (AvgIpc) is 3.00. The number of nitrogens with one attached hydrogen (secondary N) is 1. The lowest BCUT2D eigenvalue weighted by Gasteiger charge is -2.24. The minimum Gasteiger partial charge on any atom is -0.352 e. The fraction of sp³-hybridized carbons (Fsp3) is 0.533. The van der Waals surface area contributed by atoms with Gasteiger partial charge in [0.1, 0.15) is 11.9 Å². The van der Waals surface area contributed by atoms with Crippen molar-refractivity contribution >= 4 is 27.7 Å². The molecule has 1 aromatic carbocycles. The van der Waals surface area contributed by atoms with Crippen molar-refractivity contribution in [2.75, 3.05) is 11.6 Å². The molecule has 2 unspecified atom stereocenters. The fourth-order valence-electron chi connectivity index (χ4n) is 2.22. The van der Waals surface area contributed by atoms with E-state index >= 15 is 0 Å². The van der Waals surface area contributed by atoms with Crippen LogP contribution in [0, 0.1) is 12.7 Å². The van der Waals surface area contributed by atoms with Gasteiger partial charge in [-0.15, -0.1) is 11.8 Å². The van der Waals surface area contributed by atoms with Crippen molar-refractivity contribution in [2.24, 2.45) is 0 Å². The lowest BCUT2D eigenvalue weighted by Crippen LogP contribution is -2.49. The van der Waals surface area contributed by atoms with Crippen LogP contribution in [0.25, 0.3) is 0 Å². The number of hydrogen-bond acceptors (Lipinski definition) is 4. The number of sulfonamides is 1. The van der Waals surface area contributed by atoms with Crippen molar-refractivity contribution in [3.05, 3.63) is 29.6 Å². The number of carbonyl (C=O) groups is 1. The summed E-state index contributed by atoms with van der Waals surface area (Å²) in [5, 5.41) is 2.83. The van der Waals surface area contributed by atoms with E-state index in [0.717, 1.165) is 12.5 Å². The maximum atomic E-state index is 13.4. The first kappa shape index (κ1) is 18.2. The zero-order valence-electron chi connectivity index (χ0n) is 13.4. The molecule has 1 amide bonds. The van der Waals surface area contributed by atoms with Crippen molar-refractivity contribution in [1.29, 1.82) is 0 Å². The molecule has 1 fully saturated rings. The van der Waals surface area contributed by atoms with Gasteiger partial charge in [-0.2, -0.15) is 4.31 Å². The van der Waals surface area contributed by atoms with Crippen LogP contribution in [0.4, 0.5) is 4.39 Å². The van der Waals surface area contributed by atoms with Crippen LogP contribution < -0.4 is 5.32 Å². The number of hydrogen-bond donors (Lipinski definition) is 1. The van der Waals surface area contributed by atoms with Crippen molar-refractivity contribution in [3.63, 3.8) is 0 Å². The van der Waals surface area contributed by atoms with E-state index in [9.17, 15) is 17.6 Å². The Morgan fingerprint density at radius 1 is 1.52 bits per heavy atom. The summed E-state index contributed by atoms with van der Waals surface area (Å²) in [6.07, 6.45) is 0.773. The molecule has 2 atom stereocenters. The molecule has 8 heteroatoms. The van der Waals surface area contributed by atoms with Crippen LogP contribution in [0.1, 0.15) is 25.8 Å². The van der Waals surface area contributed by atoms with Gasteiger partial charge in [-0.1, -0.05) is 6.92 Å². The minimum atomic E-state index is -3.83. The zero-order valence-corrected chi connectivity index (χ0v) is 15.0. The topological polar surface area (TPSA) is 66.5 Å². The summed E-state index contributed by atoms with van der Waals surface area (Å²) in [4.78, 5) is 12.3. The predicted octanol–water partition coefficient (Wildman–Crippen LogP) is 2.11. The Bertz CT molecular complexity index is 694. The van der Waals surface area contributed by atoms with Crippen molar-refractivity contribution in [1.82, 2.24) is 9.62 Å². The molecule has 5 nitrogen and oxygen atoms in total. The summed E-state index contributed by atoms with van der Waals surface area (Å²) >= 11 is 1.39. The Kier molecular flexibility index (Phi) is 5.70. The van der Waals surface area contributed by atoms with Gasteiger partial charge < -0.3 is 5.32 Å². The first-order valence-electron chi connectivity index (χ1n) is 7.43. The third-order valence-electron chi connectivity index (χ3n) is 3.88. The molecule has 1 aliphatic heterocycles. The van der Waals surface area contributed by atoms with Gasteiger partial charge in [-0.05, 0) is 44.0 Å². The predicted molar refractivity (Wildman–Crippen MR) is 89.2 cm³/mol. The van der Waals surface area contributed by atoms with Crippen LogP contribution in [-0.2, 0) is 14.8 Å². The van der Waals surface area contributed by atoms with Crippen LogP contribution in [0.15, 0.2) is 23.1 Å². The van der Waals surface area contributed by atoms with E-state index in [1.807, 2.05) is 13.8 Å². The lowest BCUT2D eigenvalue weighted by molar-refractivity contribution is -0.124. The van der Waals surface area contributed by atoms with Crippen molar-refractivity contribution < 1.29 is 17.6 Å². The Labute approximate surface area is 140 Å². The minimum absolute atomic E-state index is 0.00859. The summed E-state index contributed by atoms with van der Waals surface area (Å²) in [5.41, 5.74) is 0.263. The highest BCUT2D eigenvalue weighted by Crippen LogP contribution is 2.29. The van der Waals surface area contributed by atoms with Gasteiger partial charge in [0.2, 0.25) is 15.9 Å². The van der Waals surface area contributed by atoms with Crippen LogP contribution in [0.5, 0.6) is 0 Å². The molecular formula is C15H21FN2O3S2. The van der Waals surface area contributed by atoms with Gasteiger partial charge in [-0.25, -0.2) is 12.8 Å². The standard InChI is InChI=1S/C15H21FN2O3S2/c1-4-11(3)17-15(19)14-8-22-9-18(14)23(20,21)12-5-6-13(16)10(2)7-12/h5-7,11,14H,4,8-9H2,1-3H3,(H,17,19). The van der Waals surface area contributed by atoms with E-state index in [2.05, 4.69) is 5.32 Å². The molecule has 0 saturated carbocycles. The summed E-state index contributed by atoms with van der Waals surface area (Å²) in [6.45, 7) is 5.34. The first-order chi connectivity index (χ1) is 10.8. The maximum Gasteiger partial charge on any atom is 0.244 e. The molecule has 0 aliphatic carbocycles. The second-order valence-electron chi connectivity index (χ2n) is 5.64. The van der Waals surface area contributed by atoms with Crippen molar-refractivity contribution in [2.45, 2.75) is 44.2 Å². The molecule has 23 heavy (non-hydrogen) atoms. The Morgan fingerprint density at radius 3 is 2.83 bits per heavy atom. The van der Waals surface area contributed by atoms with Crippen LogP contribution >= 0.6 is 11.8 Å². The van der Waals surface area contributed by atoms with Gasteiger partial charge in [-0.3, -0.25) is 4.79 Å². The van der Waals surface area contributed by atoms with Gasteiger partial charge in [0.25, 0.3) is 0 Å². The highest BCUT2D eigenvalue weighted by atomic mass is 32.2. The highest BCUT2D eigenvalue weighted by molar-refractivity contribution is 8.00. The summed E-state index contributed by atoms with van der Waals surface area (Å²) in [5.74, 6) is -0.100. The first-order valence-corrected chi connectivity index (χ1v) is 10.0. The number of amides is 1. The molecule has 0 bridgehead atoms. The van der Waals surface area contributed by atoms with Crippen LogP contribution in [-0.4, -0.2) is 42.3 Å². The monoisotopic (exact) mass is 360 g/mol. The average molecular weight is 360 g/mol. The van der Waals surface area contributed by atoms with Gasteiger partial charge >= 0.3 is 0 Å². The van der Waals surface area contributed by atoms with Gasteiger partial charge in [0, 0.05) is 11.8 Å². The number of carbonyl (C=O) groups excluding carboxylic acids is 1. The summed E-state index contributed by atoms with van der Waals surface area (Å²) < 4.78 is 40.1. The van der Waals surface area contributed by atoms with E-state index in [-0.39, 0.29) is 28.3 Å². The molecule has 2 rings (SSSR count). The summed E-state index contributed by atoms with van der Waals surface area (Å²) in [6, 6.07) is 2.94. The van der Waals surface area contributed by atoms with Crippen molar-refractivity contribution in [3.8, 4) is 0 Å². The second kappa shape index (κ2) is 7.19. The number of benzene rings is 1. The largest absolute Gasteiger partial charge is 0.352 e. The van der Waals surface area contributed by atoms with E-state index in [1.165, 1.54) is 35.1 Å². The molecule has 128 valence electrons. The summed E-state index contributed by atoms with van der Waals surface area (Å²) in [7, 11) is -3.83. The smallest absolute Gasteiger partial charge is 0.244 e. The quantitative estimate of drug-likeness (QED) is 0.873. The highest BCUT2D eigenvalue weighted by Gasteiger charge is 2.40. The van der Waals surface area contributed by atoms with Crippen LogP contribution in [0.2, 0.25) is 0 Å². The number of nitrogens with zero attached hydrogens (tertiary/aromatic N) is 1. The Morgan fingerprint density at radius 2 is 2.22 bits per heavy atom. The molecule has 0 spiro atoms. The van der Waals surface area contributed by atoms with E-state index in [1.54, 1.807) is 0 Å². The molecule has 1 aromatic rings. The van der Waals surface area contributed by atoms with Crippen LogP contribution in [0.3, 0.4) is 0 Å². The number of rotatable bonds is 5. The van der Waals surface area contributed by atoms with E-state index in [0.29, 0.717) is 5.75 Å². The molecule has 0 radical (unpaired) electrons. The fourth-order valence-corrected chi connectivity index (χ4v) is 5.46. The van der Waals surface area contributed by atoms with E-state index in [4.69, 9.17) is 0 Å². The van der Waals surface area contributed by atoms with Gasteiger partial charge in [0.15, 0.2) is 0 Å². The SMILES string of the molecule is CCC(C)NC(=O)C1CSCN1S(=O)(=O)c1ccc(F)c(C)c1. The van der Waals surface area contributed by atoms with Gasteiger partial charge in [0.05, 0.1) is 10.8 Å². The molecular weight excluding hydrogens is 339 g/mol. The Hall–Kier alpha value is -1.12. The molecule has 1 aliphatic rings. The molecule has 1 heterocycles. The Balaban J connectivity index is 2.27. The normalized spacial score (nSPS) is 20.4. The maximum absolute atomic E-state index is 13.4. The lowest BCUT2D eigenvalue weighted by atomic mass is 10.2. The number of thioether (sulfide) groups is 1. The third kappa shape index (κ3) is 3.87. The molecule has 1 saturated heterocycles. The molecule has 1 N–H and O–H groups in total. The zero-order chi connectivity index (χ0) is 17.2. The number of halogens is 1. The second-order valence-corrected chi connectivity index (χ2v) is 8.53. The third-order valence-corrected chi connectivity index (χ3v) is 6.91. The number of aryl methyl sites for hydroxylation is 1. The molecule has 0 aromatic heterocycles.